The number of imide groups is 1. The molecule has 2 aromatic carbocycles. The second-order valence-electron chi connectivity index (χ2n) is 7.57. The highest BCUT2D eigenvalue weighted by Gasteiger charge is 2.41. The Morgan fingerprint density at radius 1 is 1.11 bits per heavy atom. The zero-order chi connectivity index (χ0) is 26.7. The molecule has 3 amide bonds. The summed E-state index contributed by atoms with van der Waals surface area (Å²) < 4.78 is 30.1. The Morgan fingerprint density at radius 3 is 2.46 bits per heavy atom. The fraction of sp³-hybridized carbons (Fsp3) is 0.120. The molecule has 0 bridgehead atoms. The van der Waals surface area contributed by atoms with E-state index in [1.807, 2.05) is 0 Å². The summed E-state index contributed by atoms with van der Waals surface area (Å²) >= 11 is 6.95. The Kier molecular flexibility index (Phi) is 7.67. The minimum Gasteiger partial charge on any atom is -0.458 e. The van der Waals surface area contributed by atoms with Gasteiger partial charge in [0.2, 0.25) is 0 Å². The number of primary amides is 1. The van der Waals surface area contributed by atoms with Gasteiger partial charge in [-0.1, -0.05) is 48.0 Å². The maximum atomic E-state index is 14.4. The average Bonchev–Trinajstić information content (AvgIpc) is 3.49. The number of carbonyl (C=O) groups excluding carboxylic acids is 4. The zero-order valence-corrected chi connectivity index (χ0v) is 20.7. The van der Waals surface area contributed by atoms with E-state index < -0.39 is 35.8 Å². The lowest BCUT2D eigenvalue weighted by Gasteiger charge is -2.16. The Balaban J connectivity index is 1.72. The molecular weight excluding hydrogens is 527 g/mol. The van der Waals surface area contributed by atoms with Crippen LogP contribution in [-0.2, 0) is 35.2 Å². The van der Waals surface area contributed by atoms with Gasteiger partial charge in [-0.05, 0) is 29.1 Å². The van der Waals surface area contributed by atoms with Gasteiger partial charge < -0.3 is 19.9 Å². The van der Waals surface area contributed by atoms with Crippen LogP contribution in [0.25, 0.3) is 11.3 Å². The molecule has 12 heteroatoms. The van der Waals surface area contributed by atoms with Crippen molar-refractivity contribution >= 4 is 63.8 Å². The van der Waals surface area contributed by atoms with Gasteiger partial charge in [-0.3, -0.25) is 4.79 Å². The molecular formula is C25H18ClFN2O7S. The van der Waals surface area contributed by atoms with Gasteiger partial charge in [0.25, 0.3) is 12.0 Å². The number of methoxy groups -OCH3 is 1. The quantitative estimate of drug-likeness (QED) is 0.205. The third-order valence-corrected chi connectivity index (χ3v) is 6.41. The molecule has 0 saturated heterocycles. The number of fused-ring (bicyclic) bond motifs is 1. The first-order valence-electron chi connectivity index (χ1n) is 10.6. The van der Waals surface area contributed by atoms with E-state index in [1.54, 1.807) is 41.8 Å². The molecule has 0 spiro atoms. The maximum Gasteiger partial charge on any atom is 0.352 e. The third-order valence-electron chi connectivity index (χ3n) is 5.25. The number of benzene rings is 2. The van der Waals surface area contributed by atoms with E-state index in [1.165, 1.54) is 6.07 Å². The number of rotatable bonds is 7. The first kappa shape index (κ1) is 26.0. The number of thiophene rings is 1. The van der Waals surface area contributed by atoms with Crippen LogP contribution < -0.4 is 10.6 Å². The van der Waals surface area contributed by atoms with Crippen molar-refractivity contribution in [3.8, 4) is 0 Å². The van der Waals surface area contributed by atoms with Crippen molar-refractivity contribution in [2.45, 2.75) is 12.7 Å². The number of amides is 3. The highest BCUT2D eigenvalue weighted by Crippen LogP contribution is 2.44. The lowest BCUT2D eigenvalue weighted by Crippen LogP contribution is -2.38. The summed E-state index contributed by atoms with van der Waals surface area (Å²) in [5.74, 6) is -4.40. The standard InChI is InChI=1S/C25H18ClFN2O7S/c1-34-21(23(31)35-12-13-6-3-2-4-7-13)24(32)36-20(18-8-5-9-37-18)19-14-10-16(27)15(26)11-17(14)29(22(19)30)25(28)33/h2-11,21H,12H2,1H3,(H2,28,33). The summed E-state index contributed by atoms with van der Waals surface area (Å²) in [7, 11) is 1.11. The topological polar surface area (TPSA) is 125 Å². The smallest absolute Gasteiger partial charge is 0.352 e. The van der Waals surface area contributed by atoms with Crippen LogP contribution in [0.1, 0.15) is 16.0 Å². The van der Waals surface area contributed by atoms with Crippen LogP contribution in [-0.4, -0.2) is 37.1 Å². The molecule has 1 unspecified atom stereocenters. The van der Waals surface area contributed by atoms with Crippen molar-refractivity contribution in [1.29, 1.82) is 0 Å². The Labute approximate surface area is 218 Å². The molecule has 9 nitrogen and oxygen atoms in total. The number of halogens is 2. The normalized spacial score (nSPS) is 14.7. The summed E-state index contributed by atoms with van der Waals surface area (Å²) in [6.07, 6.45) is -1.80. The molecule has 0 saturated carbocycles. The number of nitrogens with zero attached hydrogens (tertiary/aromatic N) is 1. The molecule has 0 radical (unpaired) electrons. The molecule has 1 aliphatic rings. The molecule has 0 fully saturated rings. The highest BCUT2D eigenvalue weighted by atomic mass is 35.5. The number of esters is 2. The van der Waals surface area contributed by atoms with Crippen LogP contribution in [0.5, 0.6) is 0 Å². The number of ether oxygens (including phenoxy) is 3. The molecule has 37 heavy (non-hydrogen) atoms. The van der Waals surface area contributed by atoms with Crippen LogP contribution >= 0.6 is 22.9 Å². The van der Waals surface area contributed by atoms with Crippen LogP contribution in [0.15, 0.2) is 60.0 Å². The van der Waals surface area contributed by atoms with Gasteiger partial charge in [0.1, 0.15) is 12.4 Å². The van der Waals surface area contributed by atoms with Crippen molar-refractivity contribution in [1.82, 2.24) is 0 Å². The monoisotopic (exact) mass is 544 g/mol. The predicted molar refractivity (Wildman–Crippen MR) is 133 cm³/mol. The van der Waals surface area contributed by atoms with Gasteiger partial charge >= 0.3 is 18.0 Å². The second-order valence-corrected chi connectivity index (χ2v) is 8.93. The van der Waals surface area contributed by atoms with E-state index in [0.29, 0.717) is 10.5 Å². The molecule has 1 atom stereocenters. The molecule has 4 rings (SSSR count). The van der Waals surface area contributed by atoms with Crippen molar-refractivity contribution in [2.75, 3.05) is 12.0 Å². The minimum absolute atomic E-state index is 0.0810. The number of anilines is 1. The van der Waals surface area contributed by atoms with E-state index in [4.69, 9.17) is 31.5 Å². The lowest BCUT2D eigenvalue weighted by atomic mass is 10.0. The number of hydrogen-bond acceptors (Lipinski definition) is 8. The molecule has 3 aromatic rings. The number of nitrogens with two attached hydrogens (primary N) is 1. The van der Waals surface area contributed by atoms with E-state index >= 15 is 0 Å². The number of urea groups is 1. The predicted octanol–water partition coefficient (Wildman–Crippen LogP) is 4.14. The zero-order valence-electron chi connectivity index (χ0n) is 19.1. The van der Waals surface area contributed by atoms with Gasteiger partial charge in [-0.15, -0.1) is 11.3 Å². The second kappa shape index (κ2) is 10.9. The molecule has 1 aliphatic heterocycles. The fourth-order valence-corrected chi connectivity index (χ4v) is 4.45. The van der Waals surface area contributed by atoms with E-state index in [0.717, 1.165) is 30.6 Å². The lowest BCUT2D eigenvalue weighted by molar-refractivity contribution is -0.168. The van der Waals surface area contributed by atoms with Gasteiger partial charge in [-0.2, -0.15) is 0 Å². The summed E-state index contributed by atoms with van der Waals surface area (Å²) in [4.78, 5) is 51.8. The van der Waals surface area contributed by atoms with Crippen LogP contribution in [0.4, 0.5) is 14.9 Å². The molecule has 2 N–H and O–H groups in total. The van der Waals surface area contributed by atoms with Crippen molar-refractivity contribution in [2.24, 2.45) is 5.73 Å². The Bertz CT molecular complexity index is 1410. The Hall–Kier alpha value is -4.06. The van der Waals surface area contributed by atoms with Crippen LogP contribution in [0, 0.1) is 5.82 Å². The third kappa shape index (κ3) is 5.24. The van der Waals surface area contributed by atoms with Gasteiger partial charge in [0.05, 0.1) is 21.2 Å². The summed E-state index contributed by atoms with van der Waals surface area (Å²) in [5, 5.41) is 1.29. The number of hydrogen-bond donors (Lipinski definition) is 1. The SMILES string of the molecule is COC(C(=O)OCc1ccccc1)C(=O)OC(=C1C(=O)N(C(N)=O)c2cc(Cl)c(F)cc21)c1cccs1. The number of carbonyl (C=O) groups is 4. The average molecular weight is 545 g/mol. The molecule has 1 aromatic heterocycles. The van der Waals surface area contributed by atoms with Crippen molar-refractivity contribution < 1.29 is 37.8 Å². The van der Waals surface area contributed by atoms with E-state index in [2.05, 4.69) is 0 Å². The maximum absolute atomic E-state index is 14.4. The van der Waals surface area contributed by atoms with Gasteiger partial charge in [-0.25, -0.2) is 23.7 Å². The fourth-order valence-electron chi connectivity index (χ4n) is 3.58. The first-order chi connectivity index (χ1) is 17.7. The first-order valence-corrected chi connectivity index (χ1v) is 11.8. The minimum atomic E-state index is -1.80. The Morgan fingerprint density at radius 2 is 1.84 bits per heavy atom. The summed E-state index contributed by atoms with van der Waals surface area (Å²) in [5.41, 5.74) is 5.57. The van der Waals surface area contributed by atoms with Crippen molar-refractivity contribution in [3.05, 3.63) is 86.8 Å². The van der Waals surface area contributed by atoms with Gasteiger partial charge in [0, 0.05) is 12.7 Å². The molecule has 0 aliphatic carbocycles. The highest BCUT2D eigenvalue weighted by molar-refractivity contribution is 7.11. The van der Waals surface area contributed by atoms with Crippen LogP contribution in [0.3, 0.4) is 0 Å². The molecule has 2 heterocycles. The largest absolute Gasteiger partial charge is 0.458 e. The van der Waals surface area contributed by atoms with Crippen LogP contribution in [0.2, 0.25) is 5.02 Å². The van der Waals surface area contributed by atoms with E-state index in [-0.39, 0.29) is 39.1 Å². The van der Waals surface area contributed by atoms with E-state index in [9.17, 15) is 23.6 Å². The van der Waals surface area contributed by atoms with Gasteiger partial charge in [0.15, 0.2) is 5.76 Å². The summed E-state index contributed by atoms with van der Waals surface area (Å²) in [6, 6.07) is 12.7. The summed E-state index contributed by atoms with van der Waals surface area (Å²) in [6.45, 7) is -0.120. The molecule has 190 valence electrons. The van der Waals surface area contributed by atoms with Crippen molar-refractivity contribution in [3.63, 3.8) is 0 Å².